The summed E-state index contributed by atoms with van der Waals surface area (Å²) in [5.41, 5.74) is 1.43. The van der Waals surface area contributed by atoms with E-state index < -0.39 is 17.5 Å². The molecule has 0 bridgehead atoms. The minimum absolute atomic E-state index is 0.000506. The molecule has 23 heavy (non-hydrogen) atoms. The zero-order chi connectivity index (χ0) is 16.1. The number of benzene rings is 2. The van der Waals surface area contributed by atoms with Crippen LogP contribution in [-0.2, 0) is 0 Å². The molecule has 5 nitrogen and oxygen atoms in total. The third-order valence-corrected chi connectivity index (χ3v) is 4.18. The average Bonchev–Trinajstić information content (AvgIpc) is 3.03. The predicted molar refractivity (Wildman–Crippen MR) is 83.0 cm³/mol. The van der Waals surface area contributed by atoms with Crippen LogP contribution in [0, 0.1) is 5.92 Å². The summed E-state index contributed by atoms with van der Waals surface area (Å²) in [4.78, 5) is 42.1. The van der Waals surface area contributed by atoms with Gasteiger partial charge in [0.15, 0.2) is 11.6 Å². The lowest BCUT2D eigenvalue weighted by Gasteiger charge is -2.06. The Labute approximate surface area is 131 Å². The number of ketones is 3. The molecule has 2 aromatic carbocycles. The number of Topliss-reactive ketones (excluding diaryl/α,β-unsaturated/α-hetero) is 3. The molecule has 0 saturated heterocycles. The van der Waals surface area contributed by atoms with Gasteiger partial charge in [0.25, 0.3) is 0 Å². The van der Waals surface area contributed by atoms with E-state index in [-0.39, 0.29) is 22.6 Å². The van der Waals surface area contributed by atoms with Crippen molar-refractivity contribution in [2.45, 2.75) is 0 Å². The molecule has 0 aromatic heterocycles. The van der Waals surface area contributed by atoms with Crippen LogP contribution in [0.2, 0.25) is 0 Å². The number of hydrogen-bond acceptors (Lipinski definition) is 5. The van der Waals surface area contributed by atoms with Crippen molar-refractivity contribution in [2.24, 2.45) is 10.9 Å². The molecule has 1 heterocycles. The topological polar surface area (TPSA) is 72.8 Å². The van der Waals surface area contributed by atoms with Gasteiger partial charge in [0.1, 0.15) is 17.4 Å². The van der Waals surface area contributed by atoms with E-state index in [9.17, 15) is 14.4 Å². The Morgan fingerprint density at radius 3 is 2.39 bits per heavy atom. The Morgan fingerprint density at radius 2 is 1.65 bits per heavy atom. The fraction of sp³-hybridized carbons (Fsp3) is 0.111. The molecule has 0 radical (unpaired) electrons. The molecule has 0 N–H and O–H groups in total. The van der Waals surface area contributed by atoms with E-state index in [4.69, 9.17) is 4.74 Å². The van der Waals surface area contributed by atoms with Crippen LogP contribution in [-0.4, -0.2) is 30.2 Å². The number of carbonyl (C=O) groups excluding carboxylic acids is 3. The Bertz CT molecular complexity index is 926. The first-order chi connectivity index (χ1) is 11.1. The number of carbonyl (C=O) groups is 3. The van der Waals surface area contributed by atoms with Crippen LogP contribution in [0.1, 0.15) is 31.1 Å². The number of nitrogens with zero attached hydrogens (tertiary/aromatic N) is 1. The van der Waals surface area contributed by atoms with Gasteiger partial charge in [-0.2, -0.15) is 0 Å². The van der Waals surface area contributed by atoms with Gasteiger partial charge in [-0.15, -0.1) is 0 Å². The maximum Gasteiger partial charge on any atom is 0.210 e. The van der Waals surface area contributed by atoms with E-state index >= 15 is 0 Å². The molecule has 0 fully saturated rings. The van der Waals surface area contributed by atoms with Crippen molar-refractivity contribution in [3.63, 3.8) is 0 Å². The van der Waals surface area contributed by atoms with Crippen molar-refractivity contribution in [1.82, 2.24) is 0 Å². The molecular weight excluding hydrogens is 294 g/mol. The van der Waals surface area contributed by atoms with Gasteiger partial charge >= 0.3 is 0 Å². The van der Waals surface area contributed by atoms with Crippen LogP contribution in [0.25, 0.3) is 0 Å². The van der Waals surface area contributed by atoms with E-state index in [1.807, 2.05) is 0 Å². The summed E-state index contributed by atoms with van der Waals surface area (Å²) in [6.07, 6.45) is 0. The second-order valence-corrected chi connectivity index (χ2v) is 5.39. The maximum absolute atomic E-state index is 12.7. The van der Waals surface area contributed by atoms with Crippen molar-refractivity contribution in [3.8, 4) is 5.75 Å². The molecular formula is C18H11NO4. The molecule has 1 aliphatic heterocycles. The van der Waals surface area contributed by atoms with E-state index in [0.29, 0.717) is 17.0 Å². The lowest BCUT2D eigenvalue weighted by atomic mass is 9.93. The van der Waals surface area contributed by atoms with Gasteiger partial charge in [-0.05, 0) is 18.2 Å². The fourth-order valence-corrected chi connectivity index (χ4v) is 3.11. The second-order valence-electron chi connectivity index (χ2n) is 5.39. The third-order valence-electron chi connectivity index (χ3n) is 4.18. The molecule has 2 aromatic rings. The molecule has 1 unspecified atom stereocenters. The van der Waals surface area contributed by atoms with Crippen LogP contribution in [0.3, 0.4) is 0 Å². The second kappa shape index (κ2) is 4.71. The summed E-state index contributed by atoms with van der Waals surface area (Å²) in [5, 5.41) is 0. The zero-order valence-corrected chi connectivity index (χ0v) is 12.2. The highest BCUT2D eigenvalue weighted by Gasteiger charge is 2.47. The first-order valence-corrected chi connectivity index (χ1v) is 7.11. The number of methoxy groups -OCH3 is 1. The van der Waals surface area contributed by atoms with Crippen molar-refractivity contribution in [1.29, 1.82) is 0 Å². The number of hydrogen-bond donors (Lipinski definition) is 0. The summed E-state index contributed by atoms with van der Waals surface area (Å²) in [5.74, 6) is -2.03. The quantitative estimate of drug-likeness (QED) is 0.800. The maximum atomic E-state index is 12.7. The SMILES string of the molecule is COc1cccc2c1C(=O)C(C1=Nc3ccccc3C1=O)C2=O. The van der Waals surface area contributed by atoms with Gasteiger partial charge in [0.2, 0.25) is 5.78 Å². The fourth-order valence-electron chi connectivity index (χ4n) is 3.11. The highest BCUT2D eigenvalue weighted by atomic mass is 16.5. The minimum Gasteiger partial charge on any atom is -0.496 e. The summed E-state index contributed by atoms with van der Waals surface area (Å²) in [7, 11) is 1.44. The minimum atomic E-state index is -1.18. The standard InChI is InChI=1S/C18H11NO4/c1-23-12-8-4-6-10-13(12)18(22)14(16(10)20)15-17(21)9-5-2-3-7-11(9)19-15/h2-8,14H,1H3. The van der Waals surface area contributed by atoms with Crippen LogP contribution >= 0.6 is 0 Å². The molecule has 112 valence electrons. The van der Waals surface area contributed by atoms with Crippen molar-refractivity contribution in [3.05, 3.63) is 59.2 Å². The van der Waals surface area contributed by atoms with Crippen LogP contribution < -0.4 is 4.74 Å². The Hall–Kier alpha value is -3.08. The molecule has 0 saturated carbocycles. The van der Waals surface area contributed by atoms with E-state index in [0.717, 1.165) is 0 Å². The van der Waals surface area contributed by atoms with E-state index in [1.54, 1.807) is 42.5 Å². The largest absolute Gasteiger partial charge is 0.496 e. The van der Waals surface area contributed by atoms with E-state index in [2.05, 4.69) is 4.99 Å². The number of fused-ring (bicyclic) bond motifs is 2. The summed E-state index contributed by atoms with van der Waals surface area (Å²) >= 11 is 0. The molecule has 4 rings (SSSR count). The normalized spacial score (nSPS) is 18.7. The van der Waals surface area contributed by atoms with Crippen molar-refractivity contribution >= 4 is 28.7 Å². The smallest absolute Gasteiger partial charge is 0.210 e. The van der Waals surface area contributed by atoms with E-state index in [1.165, 1.54) is 7.11 Å². The molecule has 0 spiro atoms. The monoisotopic (exact) mass is 305 g/mol. The predicted octanol–water partition coefficient (Wildman–Crippen LogP) is 2.66. The third kappa shape index (κ3) is 1.73. The molecule has 1 aliphatic carbocycles. The summed E-state index contributed by atoms with van der Waals surface area (Å²) in [6, 6.07) is 11.7. The van der Waals surface area contributed by atoms with Crippen LogP contribution in [0.5, 0.6) is 5.75 Å². The number of rotatable bonds is 2. The van der Waals surface area contributed by atoms with Gasteiger partial charge in [0.05, 0.1) is 18.4 Å². The van der Waals surface area contributed by atoms with Crippen LogP contribution in [0.15, 0.2) is 47.5 Å². The summed E-state index contributed by atoms with van der Waals surface area (Å²) < 4.78 is 5.18. The van der Waals surface area contributed by atoms with Gasteiger partial charge in [-0.1, -0.05) is 24.3 Å². The number of para-hydroxylation sites is 1. The first-order valence-electron chi connectivity index (χ1n) is 7.11. The highest BCUT2D eigenvalue weighted by molar-refractivity contribution is 6.58. The highest BCUT2D eigenvalue weighted by Crippen LogP contribution is 2.38. The molecule has 5 heteroatoms. The average molecular weight is 305 g/mol. The Kier molecular flexibility index (Phi) is 2.78. The number of ether oxygens (including phenoxy) is 1. The van der Waals surface area contributed by atoms with Gasteiger partial charge in [0, 0.05) is 11.1 Å². The van der Waals surface area contributed by atoms with Crippen molar-refractivity contribution in [2.75, 3.05) is 7.11 Å². The number of aliphatic imine (C=N–C) groups is 1. The first kappa shape index (κ1) is 13.6. The van der Waals surface area contributed by atoms with Crippen molar-refractivity contribution < 1.29 is 19.1 Å². The summed E-state index contributed by atoms with van der Waals surface area (Å²) in [6.45, 7) is 0. The van der Waals surface area contributed by atoms with Crippen LogP contribution in [0.4, 0.5) is 5.69 Å². The van der Waals surface area contributed by atoms with Gasteiger partial charge in [-0.3, -0.25) is 14.4 Å². The Morgan fingerprint density at radius 1 is 0.913 bits per heavy atom. The zero-order valence-electron chi connectivity index (χ0n) is 12.2. The van der Waals surface area contributed by atoms with Gasteiger partial charge in [-0.25, -0.2) is 4.99 Å². The lowest BCUT2D eigenvalue weighted by Crippen LogP contribution is -2.30. The Balaban J connectivity index is 1.83. The lowest BCUT2D eigenvalue weighted by molar-refractivity contribution is 0.0870. The molecule has 0 amide bonds. The van der Waals surface area contributed by atoms with Gasteiger partial charge < -0.3 is 4.74 Å². The molecule has 2 aliphatic rings. The molecule has 1 atom stereocenters.